The number of ether oxygens (including phenoxy) is 1. The topological polar surface area (TPSA) is 84.9 Å². The molecule has 0 saturated heterocycles. The van der Waals surface area contributed by atoms with Crippen LogP contribution in [0.25, 0.3) is 0 Å². The smallest absolute Gasteiger partial charge is 0.459 e. The normalized spacial score (nSPS) is 13.9. The van der Waals surface area contributed by atoms with E-state index < -0.39 is 19.1 Å². The molecule has 3 rings (SSSR count). The van der Waals surface area contributed by atoms with Gasteiger partial charge in [-0.1, -0.05) is 50.2 Å². The molecule has 1 amide bonds. The van der Waals surface area contributed by atoms with Crippen LogP contribution < -0.4 is 10.8 Å². The molecule has 0 fully saturated rings. The van der Waals surface area contributed by atoms with E-state index in [1.165, 1.54) is 0 Å². The lowest BCUT2D eigenvalue weighted by Crippen LogP contribution is -2.43. The number of carbonyl (C=O) groups excluding carboxylic acids is 2. The van der Waals surface area contributed by atoms with Gasteiger partial charge in [0.1, 0.15) is 12.6 Å². The first kappa shape index (κ1) is 20.1. The summed E-state index contributed by atoms with van der Waals surface area (Å²) >= 11 is 0. The first-order valence-electron chi connectivity index (χ1n) is 9.38. The number of benzene rings is 2. The van der Waals surface area contributed by atoms with Crippen molar-refractivity contribution in [3.8, 4) is 0 Å². The Kier molecular flexibility index (Phi) is 6.49. The van der Waals surface area contributed by atoms with Crippen molar-refractivity contribution in [2.45, 2.75) is 39.5 Å². The Morgan fingerprint density at radius 1 is 1.21 bits per heavy atom. The Balaban J connectivity index is 1.67. The maximum atomic E-state index is 12.7. The minimum atomic E-state index is -1.02. The van der Waals surface area contributed by atoms with Gasteiger partial charge in [0.2, 0.25) is 0 Å². The standard InChI is InChI=1S/C21H24BNO5/c1-14(2)10-19(21(25)27-12-15-6-4-3-5-7-15)23-20(24)16-8-9-17-13-28-22(26)18(17)11-16/h3-9,11,14,19,26H,10,12-13H2,1-2H3,(H,23,24)/t19-/m0/s1. The highest BCUT2D eigenvalue weighted by Gasteiger charge is 2.29. The number of nitrogens with one attached hydrogen (secondary N) is 1. The van der Waals surface area contributed by atoms with Crippen molar-refractivity contribution >= 4 is 24.5 Å². The van der Waals surface area contributed by atoms with E-state index in [1.54, 1.807) is 18.2 Å². The van der Waals surface area contributed by atoms with Gasteiger partial charge in [-0.05, 0) is 41.1 Å². The van der Waals surface area contributed by atoms with Crippen LogP contribution >= 0.6 is 0 Å². The molecule has 0 unspecified atom stereocenters. The zero-order valence-electron chi connectivity index (χ0n) is 16.1. The van der Waals surface area contributed by atoms with Gasteiger partial charge in [0.15, 0.2) is 0 Å². The Labute approximate surface area is 165 Å². The van der Waals surface area contributed by atoms with Gasteiger partial charge < -0.3 is 19.7 Å². The highest BCUT2D eigenvalue weighted by Crippen LogP contribution is 2.13. The summed E-state index contributed by atoms with van der Waals surface area (Å²) in [5.41, 5.74) is 2.69. The van der Waals surface area contributed by atoms with Crippen LogP contribution in [0.15, 0.2) is 48.5 Å². The quantitative estimate of drug-likeness (QED) is 0.564. The van der Waals surface area contributed by atoms with E-state index >= 15 is 0 Å². The SMILES string of the molecule is CC(C)C[C@H](NC(=O)c1ccc2c(c1)B(O)OC2)C(=O)OCc1ccccc1. The van der Waals surface area contributed by atoms with Gasteiger partial charge in [-0.15, -0.1) is 0 Å². The van der Waals surface area contributed by atoms with Crippen LogP contribution in [0.2, 0.25) is 0 Å². The summed E-state index contributed by atoms with van der Waals surface area (Å²) in [6.07, 6.45) is 0.468. The van der Waals surface area contributed by atoms with Gasteiger partial charge >= 0.3 is 13.1 Å². The second-order valence-electron chi connectivity index (χ2n) is 7.33. The molecule has 0 bridgehead atoms. The van der Waals surface area contributed by atoms with Crippen LogP contribution in [0.1, 0.15) is 41.8 Å². The van der Waals surface area contributed by atoms with E-state index in [1.807, 2.05) is 44.2 Å². The maximum Gasteiger partial charge on any atom is 0.491 e. The zero-order chi connectivity index (χ0) is 20.1. The monoisotopic (exact) mass is 381 g/mol. The second-order valence-corrected chi connectivity index (χ2v) is 7.33. The minimum absolute atomic E-state index is 0.159. The number of esters is 1. The average molecular weight is 381 g/mol. The molecule has 0 aliphatic carbocycles. The van der Waals surface area contributed by atoms with Gasteiger partial charge in [-0.3, -0.25) is 4.79 Å². The Hall–Kier alpha value is -2.64. The summed E-state index contributed by atoms with van der Waals surface area (Å²) in [7, 11) is -1.02. The van der Waals surface area contributed by atoms with Crippen molar-refractivity contribution < 1.29 is 24.0 Å². The van der Waals surface area contributed by atoms with Crippen LogP contribution in [-0.4, -0.2) is 30.1 Å². The molecule has 2 aromatic carbocycles. The molecule has 0 spiro atoms. The third-order valence-corrected chi connectivity index (χ3v) is 4.59. The third kappa shape index (κ3) is 5.00. The highest BCUT2D eigenvalue weighted by atomic mass is 16.5. The molecule has 0 radical (unpaired) electrons. The van der Waals surface area contributed by atoms with Crippen LogP contribution in [0.4, 0.5) is 0 Å². The number of fused-ring (bicyclic) bond motifs is 1. The summed E-state index contributed by atoms with van der Waals surface area (Å²) < 4.78 is 10.6. The van der Waals surface area contributed by atoms with E-state index in [9.17, 15) is 14.6 Å². The van der Waals surface area contributed by atoms with Crippen LogP contribution in [-0.2, 0) is 27.4 Å². The first-order chi connectivity index (χ1) is 13.4. The van der Waals surface area contributed by atoms with Crippen LogP contribution in [0.5, 0.6) is 0 Å². The predicted octanol–water partition coefficient (Wildman–Crippen LogP) is 1.79. The van der Waals surface area contributed by atoms with Crippen LogP contribution in [0.3, 0.4) is 0 Å². The number of rotatable bonds is 7. The van der Waals surface area contributed by atoms with E-state index in [-0.39, 0.29) is 18.4 Å². The van der Waals surface area contributed by atoms with Crippen molar-refractivity contribution in [2.75, 3.05) is 0 Å². The summed E-state index contributed by atoms with van der Waals surface area (Å²) in [6, 6.07) is 13.7. The van der Waals surface area contributed by atoms with Crippen molar-refractivity contribution in [1.82, 2.24) is 5.32 Å². The van der Waals surface area contributed by atoms with Gasteiger partial charge in [-0.25, -0.2) is 4.79 Å². The average Bonchev–Trinajstić information content (AvgIpc) is 3.06. The maximum absolute atomic E-state index is 12.7. The van der Waals surface area contributed by atoms with Crippen LogP contribution in [0, 0.1) is 5.92 Å². The molecular formula is C21H24BNO5. The van der Waals surface area contributed by atoms with Crippen molar-refractivity contribution in [2.24, 2.45) is 5.92 Å². The number of amides is 1. The molecule has 146 valence electrons. The summed E-state index contributed by atoms with van der Waals surface area (Å²) in [5, 5.41) is 12.6. The van der Waals surface area contributed by atoms with E-state index in [2.05, 4.69) is 5.32 Å². The van der Waals surface area contributed by atoms with Crippen molar-refractivity contribution in [3.63, 3.8) is 0 Å². The number of hydrogen-bond donors (Lipinski definition) is 2. The number of carbonyl (C=O) groups is 2. The van der Waals surface area contributed by atoms with E-state index in [0.29, 0.717) is 24.1 Å². The lowest BCUT2D eigenvalue weighted by molar-refractivity contribution is -0.147. The molecule has 0 aromatic heterocycles. The predicted molar refractivity (Wildman–Crippen MR) is 106 cm³/mol. The summed E-state index contributed by atoms with van der Waals surface area (Å²) in [5.74, 6) is -0.649. The largest absolute Gasteiger partial charge is 0.491 e. The molecule has 2 N–H and O–H groups in total. The van der Waals surface area contributed by atoms with Gasteiger partial charge in [0.25, 0.3) is 5.91 Å². The molecule has 7 heteroatoms. The van der Waals surface area contributed by atoms with Crippen molar-refractivity contribution in [3.05, 3.63) is 65.2 Å². The van der Waals surface area contributed by atoms with Gasteiger partial charge in [-0.2, -0.15) is 0 Å². The Bertz CT molecular complexity index is 840. The molecule has 1 atom stereocenters. The molecule has 1 heterocycles. The van der Waals surface area contributed by atoms with E-state index in [4.69, 9.17) is 9.39 Å². The minimum Gasteiger partial charge on any atom is -0.459 e. The molecule has 6 nitrogen and oxygen atoms in total. The summed E-state index contributed by atoms with van der Waals surface area (Å²) in [4.78, 5) is 25.2. The molecule has 0 saturated carbocycles. The fraction of sp³-hybridized carbons (Fsp3) is 0.333. The lowest BCUT2D eigenvalue weighted by Gasteiger charge is -2.19. The van der Waals surface area contributed by atoms with Gasteiger partial charge in [0, 0.05) is 5.56 Å². The fourth-order valence-electron chi connectivity index (χ4n) is 3.11. The lowest BCUT2D eigenvalue weighted by atomic mass is 9.78. The molecular weight excluding hydrogens is 357 g/mol. The first-order valence-corrected chi connectivity index (χ1v) is 9.38. The molecule has 28 heavy (non-hydrogen) atoms. The Morgan fingerprint density at radius 3 is 2.68 bits per heavy atom. The highest BCUT2D eigenvalue weighted by molar-refractivity contribution is 6.61. The molecule has 2 aromatic rings. The third-order valence-electron chi connectivity index (χ3n) is 4.59. The molecule has 1 aliphatic heterocycles. The number of hydrogen-bond acceptors (Lipinski definition) is 5. The van der Waals surface area contributed by atoms with Crippen molar-refractivity contribution in [1.29, 1.82) is 0 Å². The zero-order valence-corrected chi connectivity index (χ0v) is 16.1. The fourth-order valence-corrected chi connectivity index (χ4v) is 3.11. The Morgan fingerprint density at radius 2 is 1.96 bits per heavy atom. The van der Waals surface area contributed by atoms with E-state index in [0.717, 1.165) is 11.1 Å². The molecule has 1 aliphatic rings. The second kappa shape index (κ2) is 9.04. The summed E-state index contributed by atoms with van der Waals surface area (Å²) in [6.45, 7) is 4.44. The van der Waals surface area contributed by atoms with Gasteiger partial charge in [0.05, 0.1) is 6.61 Å².